The molecule has 15 heavy (non-hydrogen) atoms. The van der Waals surface area contributed by atoms with Gasteiger partial charge in [-0.25, -0.2) is 4.98 Å². The second-order valence-electron chi connectivity index (χ2n) is 4.06. The number of allylic oxidation sites excluding steroid dienone is 2. The Morgan fingerprint density at radius 1 is 1.40 bits per heavy atom. The number of H-pyrrole nitrogens is 1. The highest BCUT2D eigenvalue weighted by atomic mass is 16.1. The Morgan fingerprint density at radius 3 is 2.87 bits per heavy atom. The van der Waals surface area contributed by atoms with Crippen LogP contribution in [0.15, 0.2) is 23.3 Å². The average molecular weight is 202 g/mol. The van der Waals surface area contributed by atoms with Crippen molar-refractivity contribution in [3.05, 3.63) is 40.1 Å². The van der Waals surface area contributed by atoms with Gasteiger partial charge >= 0.3 is 0 Å². The molecule has 0 saturated carbocycles. The monoisotopic (exact) mass is 202 g/mol. The highest BCUT2D eigenvalue weighted by Gasteiger charge is 2.17. The lowest BCUT2D eigenvalue weighted by Crippen LogP contribution is -2.11. The first-order valence-electron chi connectivity index (χ1n) is 5.11. The second-order valence-corrected chi connectivity index (χ2v) is 4.06. The van der Waals surface area contributed by atoms with E-state index in [-0.39, 0.29) is 11.0 Å². The van der Waals surface area contributed by atoms with Crippen molar-refractivity contribution in [1.29, 1.82) is 0 Å². The van der Waals surface area contributed by atoms with Gasteiger partial charge in [-0.3, -0.25) is 4.79 Å². The van der Waals surface area contributed by atoms with Crippen LogP contribution in [0.1, 0.15) is 31.5 Å². The average Bonchev–Trinajstić information content (AvgIpc) is 2.41. The molecule has 0 aliphatic heterocycles. The fourth-order valence-corrected chi connectivity index (χ4v) is 1.55. The van der Waals surface area contributed by atoms with E-state index in [1.165, 1.54) is 6.33 Å². The van der Waals surface area contributed by atoms with Gasteiger partial charge in [0.05, 0.1) is 17.6 Å². The van der Waals surface area contributed by atoms with E-state index in [1.807, 2.05) is 12.2 Å². The summed E-state index contributed by atoms with van der Waals surface area (Å²) in [6.07, 6.45) is 10.4. The van der Waals surface area contributed by atoms with Crippen molar-refractivity contribution < 1.29 is 0 Å². The first-order valence-corrected chi connectivity index (χ1v) is 5.11. The summed E-state index contributed by atoms with van der Waals surface area (Å²) in [7, 11) is 0. The molecule has 1 aromatic heterocycles. The van der Waals surface area contributed by atoms with Gasteiger partial charge in [0.25, 0.3) is 5.56 Å². The minimum atomic E-state index is -0.0822. The van der Waals surface area contributed by atoms with E-state index in [0.29, 0.717) is 5.56 Å². The number of nitrogens with one attached hydrogen (secondary N) is 1. The lowest BCUT2D eigenvalue weighted by Gasteiger charge is -2.17. The summed E-state index contributed by atoms with van der Waals surface area (Å²) in [6.45, 7) is 4.27. The minimum absolute atomic E-state index is 0.0210. The third-order valence-electron chi connectivity index (χ3n) is 2.93. The maximum Gasteiger partial charge on any atom is 0.258 e. The highest BCUT2D eigenvalue weighted by Crippen LogP contribution is 2.29. The largest absolute Gasteiger partial charge is 0.313 e. The summed E-state index contributed by atoms with van der Waals surface area (Å²) < 4.78 is 0. The molecule has 1 heterocycles. The lowest BCUT2D eigenvalue weighted by atomic mass is 9.87. The van der Waals surface area contributed by atoms with Gasteiger partial charge in [-0.05, 0) is 12.5 Å². The molecular formula is C12H14N2O. The Kier molecular flexibility index (Phi) is 2.31. The first-order chi connectivity index (χ1) is 7.14. The molecule has 2 rings (SSSR count). The van der Waals surface area contributed by atoms with Gasteiger partial charge in [0.2, 0.25) is 0 Å². The van der Waals surface area contributed by atoms with E-state index >= 15 is 0 Å². The van der Waals surface area contributed by atoms with Gasteiger partial charge in [0.15, 0.2) is 0 Å². The molecule has 0 aromatic carbocycles. The third kappa shape index (κ3) is 1.77. The molecule has 0 radical (unpaired) electrons. The standard InChI is InChI=1S/C12H14N2O/c1-3-12(2)6-4-9-10(5-7-12)13-8-14-11(9)15/h4-8H,3H2,1-2H3,(H,13,14,15). The maximum absolute atomic E-state index is 11.5. The molecule has 0 spiro atoms. The number of hydrogen-bond donors (Lipinski definition) is 1. The molecule has 1 atom stereocenters. The zero-order valence-corrected chi connectivity index (χ0v) is 8.95. The molecular weight excluding hydrogens is 188 g/mol. The van der Waals surface area contributed by atoms with Gasteiger partial charge in [-0.15, -0.1) is 0 Å². The van der Waals surface area contributed by atoms with Gasteiger partial charge in [0, 0.05) is 5.41 Å². The van der Waals surface area contributed by atoms with Gasteiger partial charge in [0.1, 0.15) is 0 Å². The summed E-state index contributed by atoms with van der Waals surface area (Å²) in [5.41, 5.74) is 1.33. The molecule has 1 aliphatic carbocycles. The van der Waals surface area contributed by atoms with E-state index < -0.39 is 0 Å². The summed E-state index contributed by atoms with van der Waals surface area (Å²) in [5.74, 6) is 0. The number of rotatable bonds is 1. The fourth-order valence-electron chi connectivity index (χ4n) is 1.55. The predicted molar refractivity (Wildman–Crippen MR) is 61.3 cm³/mol. The number of aromatic amines is 1. The third-order valence-corrected chi connectivity index (χ3v) is 2.93. The molecule has 1 aliphatic rings. The van der Waals surface area contributed by atoms with Crippen molar-refractivity contribution in [3.8, 4) is 0 Å². The van der Waals surface area contributed by atoms with E-state index in [2.05, 4.69) is 36.0 Å². The van der Waals surface area contributed by atoms with Crippen molar-refractivity contribution in [2.75, 3.05) is 0 Å². The van der Waals surface area contributed by atoms with E-state index in [1.54, 1.807) is 0 Å². The molecule has 0 fully saturated rings. The fraction of sp³-hybridized carbons (Fsp3) is 0.333. The molecule has 0 saturated heterocycles. The summed E-state index contributed by atoms with van der Waals surface area (Å²) in [5, 5.41) is 0. The van der Waals surface area contributed by atoms with E-state index in [9.17, 15) is 4.79 Å². The molecule has 1 aromatic rings. The summed E-state index contributed by atoms with van der Waals surface area (Å²) in [6, 6.07) is 0. The zero-order chi connectivity index (χ0) is 10.9. The Bertz CT molecular complexity index is 485. The summed E-state index contributed by atoms with van der Waals surface area (Å²) >= 11 is 0. The second kappa shape index (κ2) is 3.50. The van der Waals surface area contributed by atoms with Crippen LogP contribution in [-0.2, 0) is 0 Å². The molecule has 78 valence electrons. The molecule has 0 amide bonds. The van der Waals surface area contributed by atoms with Crippen LogP contribution in [-0.4, -0.2) is 9.97 Å². The van der Waals surface area contributed by atoms with Gasteiger partial charge in [-0.2, -0.15) is 0 Å². The van der Waals surface area contributed by atoms with Crippen LogP contribution in [0.3, 0.4) is 0 Å². The highest BCUT2D eigenvalue weighted by molar-refractivity contribution is 5.65. The van der Waals surface area contributed by atoms with Crippen LogP contribution in [0, 0.1) is 5.41 Å². The Morgan fingerprint density at radius 2 is 2.13 bits per heavy atom. The smallest absolute Gasteiger partial charge is 0.258 e. The van der Waals surface area contributed by atoms with Crippen LogP contribution in [0.5, 0.6) is 0 Å². The van der Waals surface area contributed by atoms with Crippen LogP contribution >= 0.6 is 0 Å². The van der Waals surface area contributed by atoms with Gasteiger partial charge in [-0.1, -0.05) is 32.1 Å². The molecule has 1 unspecified atom stereocenters. The Balaban J connectivity index is 2.59. The zero-order valence-electron chi connectivity index (χ0n) is 8.95. The van der Waals surface area contributed by atoms with Crippen molar-refractivity contribution in [1.82, 2.24) is 9.97 Å². The maximum atomic E-state index is 11.5. The van der Waals surface area contributed by atoms with Crippen LogP contribution < -0.4 is 5.56 Å². The lowest BCUT2D eigenvalue weighted by molar-refractivity contribution is 0.536. The van der Waals surface area contributed by atoms with Crippen LogP contribution in [0.25, 0.3) is 12.2 Å². The van der Waals surface area contributed by atoms with Gasteiger partial charge < -0.3 is 4.98 Å². The minimum Gasteiger partial charge on any atom is -0.313 e. The molecule has 3 heteroatoms. The number of hydrogen-bond acceptors (Lipinski definition) is 2. The molecule has 3 nitrogen and oxygen atoms in total. The van der Waals surface area contributed by atoms with Crippen molar-refractivity contribution >= 4 is 12.2 Å². The van der Waals surface area contributed by atoms with Crippen molar-refractivity contribution in [2.24, 2.45) is 5.41 Å². The van der Waals surface area contributed by atoms with E-state index in [4.69, 9.17) is 0 Å². The first kappa shape index (κ1) is 9.90. The van der Waals surface area contributed by atoms with E-state index in [0.717, 1.165) is 12.1 Å². The normalized spacial score (nSPS) is 23.6. The summed E-state index contributed by atoms with van der Waals surface area (Å²) in [4.78, 5) is 18.3. The van der Waals surface area contributed by atoms with Crippen LogP contribution in [0.2, 0.25) is 0 Å². The quantitative estimate of drug-likeness (QED) is 0.759. The molecule has 1 N–H and O–H groups in total. The Labute approximate surface area is 88.6 Å². The topological polar surface area (TPSA) is 45.8 Å². The van der Waals surface area contributed by atoms with Crippen molar-refractivity contribution in [2.45, 2.75) is 20.3 Å². The number of aromatic nitrogens is 2. The molecule has 0 bridgehead atoms. The van der Waals surface area contributed by atoms with Crippen molar-refractivity contribution in [3.63, 3.8) is 0 Å². The van der Waals surface area contributed by atoms with Crippen LogP contribution in [0.4, 0.5) is 0 Å². The predicted octanol–water partition coefficient (Wildman–Crippen LogP) is 2.23. The number of nitrogens with zero attached hydrogens (tertiary/aromatic N) is 1. The number of fused-ring (bicyclic) bond motifs is 1. The SMILES string of the molecule is CCC1(C)C=Cc2nc[nH]c(=O)c2C=C1. The Hall–Kier alpha value is -1.64.